The zero-order chi connectivity index (χ0) is 12.1. The molecule has 1 aromatic rings. The highest BCUT2D eigenvalue weighted by Crippen LogP contribution is 2.24. The van der Waals surface area contributed by atoms with E-state index < -0.39 is 0 Å². The summed E-state index contributed by atoms with van der Waals surface area (Å²) in [5.41, 5.74) is 4.07. The summed E-state index contributed by atoms with van der Waals surface area (Å²) in [7, 11) is 2.14. The van der Waals surface area contributed by atoms with Gasteiger partial charge >= 0.3 is 0 Å². The zero-order valence-corrected chi connectivity index (χ0v) is 11.5. The van der Waals surface area contributed by atoms with Crippen molar-refractivity contribution in [3.05, 3.63) is 29.3 Å². The van der Waals surface area contributed by atoms with Gasteiger partial charge in [-0.1, -0.05) is 26.0 Å². The molecule has 0 aliphatic rings. The van der Waals surface area contributed by atoms with Gasteiger partial charge in [-0.25, -0.2) is 0 Å². The number of rotatable bonds is 5. The average Bonchev–Trinajstić information content (AvgIpc) is 2.26. The van der Waals surface area contributed by atoms with Crippen molar-refractivity contribution in [3.8, 4) is 0 Å². The van der Waals surface area contributed by atoms with Gasteiger partial charge in [-0.3, -0.25) is 0 Å². The molecule has 0 saturated heterocycles. The van der Waals surface area contributed by atoms with Gasteiger partial charge in [0.2, 0.25) is 0 Å². The van der Waals surface area contributed by atoms with Crippen LogP contribution in [-0.4, -0.2) is 19.5 Å². The minimum absolute atomic E-state index is 0.584. The van der Waals surface area contributed by atoms with Crippen molar-refractivity contribution in [2.45, 2.75) is 33.1 Å². The number of anilines is 1. The molecule has 0 aliphatic carbocycles. The molecular weight excluding hydrogens is 218 g/mol. The van der Waals surface area contributed by atoms with Crippen molar-refractivity contribution in [2.75, 3.05) is 24.4 Å². The van der Waals surface area contributed by atoms with Crippen LogP contribution in [0.3, 0.4) is 0 Å². The Morgan fingerprint density at radius 1 is 1.31 bits per heavy atom. The van der Waals surface area contributed by atoms with Gasteiger partial charge in [0.25, 0.3) is 0 Å². The van der Waals surface area contributed by atoms with E-state index in [1.54, 1.807) is 0 Å². The molecule has 0 bridgehead atoms. The first-order valence-corrected chi connectivity index (χ1v) is 6.47. The van der Waals surface area contributed by atoms with Gasteiger partial charge in [-0.2, -0.15) is 0 Å². The molecular formula is C14H22ClN. The maximum Gasteiger partial charge on any atom is 0.0396 e. The number of hydrogen-bond acceptors (Lipinski definition) is 1. The molecule has 16 heavy (non-hydrogen) atoms. The molecule has 1 rings (SSSR count). The second-order valence-electron chi connectivity index (χ2n) is 4.66. The molecule has 0 saturated carbocycles. The Morgan fingerprint density at radius 2 is 2.00 bits per heavy atom. The van der Waals surface area contributed by atoms with Gasteiger partial charge in [0, 0.05) is 25.2 Å². The fourth-order valence-corrected chi connectivity index (χ4v) is 1.93. The molecule has 0 aromatic heterocycles. The number of alkyl halides is 1. The topological polar surface area (TPSA) is 3.24 Å². The normalized spacial score (nSPS) is 10.9. The van der Waals surface area contributed by atoms with Crippen molar-refractivity contribution in [3.63, 3.8) is 0 Å². The summed E-state index contributed by atoms with van der Waals surface area (Å²) in [5.74, 6) is 1.31. The highest BCUT2D eigenvalue weighted by Gasteiger charge is 2.07. The molecule has 0 aliphatic heterocycles. The van der Waals surface area contributed by atoms with E-state index in [-0.39, 0.29) is 0 Å². The molecule has 90 valence electrons. The van der Waals surface area contributed by atoms with Crippen LogP contribution < -0.4 is 4.90 Å². The molecule has 0 spiro atoms. The van der Waals surface area contributed by atoms with Crippen LogP contribution in [0, 0.1) is 6.92 Å². The Morgan fingerprint density at radius 3 is 2.56 bits per heavy atom. The highest BCUT2D eigenvalue weighted by molar-refractivity contribution is 6.17. The van der Waals surface area contributed by atoms with E-state index in [1.165, 1.54) is 16.8 Å². The lowest BCUT2D eigenvalue weighted by molar-refractivity contribution is 0.839. The van der Waals surface area contributed by atoms with E-state index >= 15 is 0 Å². The summed E-state index contributed by atoms with van der Waals surface area (Å²) in [6.07, 6.45) is 1.03. The minimum atomic E-state index is 0.584. The third kappa shape index (κ3) is 3.41. The molecule has 0 N–H and O–H groups in total. The summed E-state index contributed by atoms with van der Waals surface area (Å²) in [4.78, 5) is 2.30. The van der Waals surface area contributed by atoms with Crippen LogP contribution in [0.1, 0.15) is 37.3 Å². The van der Waals surface area contributed by atoms with Gasteiger partial charge in [0.05, 0.1) is 0 Å². The van der Waals surface area contributed by atoms with Gasteiger partial charge < -0.3 is 4.90 Å². The summed E-state index contributed by atoms with van der Waals surface area (Å²) in [6, 6.07) is 6.73. The lowest BCUT2D eigenvalue weighted by atomic mass is 10.0. The van der Waals surface area contributed by atoms with E-state index in [0.29, 0.717) is 5.92 Å². The third-order valence-corrected chi connectivity index (χ3v) is 3.21. The Kier molecular flexibility index (Phi) is 5.14. The Balaban J connectivity index is 2.88. The minimum Gasteiger partial charge on any atom is -0.374 e. The SMILES string of the molecule is Cc1ccc(C(C)C)cc1N(C)CCCCl. The lowest BCUT2D eigenvalue weighted by Gasteiger charge is -2.22. The highest BCUT2D eigenvalue weighted by atomic mass is 35.5. The maximum atomic E-state index is 5.73. The van der Waals surface area contributed by atoms with Crippen molar-refractivity contribution in [1.82, 2.24) is 0 Å². The lowest BCUT2D eigenvalue weighted by Crippen LogP contribution is -2.20. The number of aryl methyl sites for hydroxylation is 1. The van der Waals surface area contributed by atoms with Crippen LogP contribution in [0.15, 0.2) is 18.2 Å². The molecule has 0 atom stereocenters. The van der Waals surface area contributed by atoms with Gasteiger partial charge in [0.1, 0.15) is 0 Å². The van der Waals surface area contributed by atoms with E-state index in [9.17, 15) is 0 Å². The second kappa shape index (κ2) is 6.15. The number of benzene rings is 1. The summed E-state index contributed by atoms with van der Waals surface area (Å²) in [5, 5.41) is 0. The van der Waals surface area contributed by atoms with Gasteiger partial charge in [0.15, 0.2) is 0 Å². The van der Waals surface area contributed by atoms with Crippen LogP contribution in [-0.2, 0) is 0 Å². The zero-order valence-electron chi connectivity index (χ0n) is 10.8. The van der Waals surface area contributed by atoms with Gasteiger partial charge in [-0.05, 0) is 36.5 Å². The largest absolute Gasteiger partial charge is 0.374 e. The molecule has 1 aromatic carbocycles. The maximum absolute atomic E-state index is 5.73. The fraction of sp³-hybridized carbons (Fsp3) is 0.571. The Hall–Kier alpha value is -0.690. The number of hydrogen-bond donors (Lipinski definition) is 0. The van der Waals surface area contributed by atoms with E-state index in [0.717, 1.165) is 18.8 Å². The van der Waals surface area contributed by atoms with E-state index in [4.69, 9.17) is 11.6 Å². The Labute approximate surface area is 104 Å². The summed E-state index contributed by atoms with van der Waals surface area (Å²) < 4.78 is 0. The summed E-state index contributed by atoms with van der Waals surface area (Å²) >= 11 is 5.73. The summed E-state index contributed by atoms with van der Waals surface area (Å²) in [6.45, 7) is 7.64. The molecule has 1 nitrogen and oxygen atoms in total. The van der Waals surface area contributed by atoms with Crippen LogP contribution >= 0.6 is 11.6 Å². The molecule has 0 amide bonds. The van der Waals surface area contributed by atoms with Crippen molar-refractivity contribution < 1.29 is 0 Å². The van der Waals surface area contributed by atoms with Crippen LogP contribution in [0.25, 0.3) is 0 Å². The number of nitrogens with zero attached hydrogens (tertiary/aromatic N) is 1. The quantitative estimate of drug-likeness (QED) is 0.697. The smallest absolute Gasteiger partial charge is 0.0396 e. The first kappa shape index (κ1) is 13.4. The average molecular weight is 240 g/mol. The predicted molar refractivity (Wildman–Crippen MR) is 73.9 cm³/mol. The third-order valence-electron chi connectivity index (χ3n) is 2.94. The fourth-order valence-electron chi connectivity index (χ4n) is 1.81. The molecule has 0 fully saturated rings. The monoisotopic (exact) mass is 239 g/mol. The standard InChI is InChI=1S/C14H22ClN/c1-11(2)13-7-6-12(3)14(10-13)16(4)9-5-8-15/h6-7,10-11H,5,8-9H2,1-4H3. The molecule has 0 unspecified atom stereocenters. The van der Waals surface area contributed by atoms with Gasteiger partial charge in [-0.15, -0.1) is 11.6 Å². The Bertz CT molecular complexity index is 334. The van der Waals surface area contributed by atoms with Crippen molar-refractivity contribution in [2.24, 2.45) is 0 Å². The predicted octanol–water partition coefficient (Wildman–Crippen LogP) is 4.18. The van der Waals surface area contributed by atoms with Crippen LogP contribution in [0.2, 0.25) is 0 Å². The second-order valence-corrected chi connectivity index (χ2v) is 5.04. The first-order chi connectivity index (χ1) is 7.56. The van der Waals surface area contributed by atoms with Crippen LogP contribution in [0.4, 0.5) is 5.69 Å². The molecule has 0 radical (unpaired) electrons. The number of halogens is 1. The van der Waals surface area contributed by atoms with E-state index in [1.807, 2.05) is 0 Å². The van der Waals surface area contributed by atoms with Crippen molar-refractivity contribution >= 4 is 17.3 Å². The van der Waals surface area contributed by atoms with E-state index in [2.05, 4.69) is 50.9 Å². The molecule has 2 heteroatoms. The van der Waals surface area contributed by atoms with Crippen LogP contribution in [0.5, 0.6) is 0 Å². The molecule has 0 heterocycles. The first-order valence-electron chi connectivity index (χ1n) is 5.94. The van der Waals surface area contributed by atoms with Crippen molar-refractivity contribution in [1.29, 1.82) is 0 Å².